The SMILES string of the molecule is COc1ccc(NC(=O)/C(N=Nc2cc(S(=O)(=O)Nc3ccc(OC)cc3)ccc2OC)=C(/C)O)cc1. The number of aliphatic hydroxyl groups is 1. The number of nitrogens with zero attached hydrogens (tertiary/aromatic N) is 2. The number of nitrogens with one attached hydrogen (secondary N) is 2. The first-order valence-electron chi connectivity index (χ1n) is 10.8. The zero-order chi connectivity index (χ0) is 27.0. The fourth-order valence-electron chi connectivity index (χ4n) is 3.04. The number of hydrogen-bond donors (Lipinski definition) is 3. The molecule has 0 fully saturated rings. The first kappa shape index (κ1) is 27.0. The molecule has 3 aromatic carbocycles. The highest BCUT2D eigenvalue weighted by Gasteiger charge is 2.18. The molecule has 0 unspecified atom stereocenters. The minimum Gasteiger partial charge on any atom is -0.510 e. The predicted octanol–water partition coefficient (Wildman–Crippen LogP) is 5.03. The Bertz CT molecular complexity index is 1410. The summed E-state index contributed by atoms with van der Waals surface area (Å²) in [6, 6.07) is 16.9. The van der Waals surface area contributed by atoms with Gasteiger partial charge in [0.2, 0.25) is 0 Å². The smallest absolute Gasteiger partial charge is 0.279 e. The van der Waals surface area contributed by atoms with Crippen LogP contribution in [0.1, 0.15) is 6.92 Å². The monoisotopic (exact) mass is 526 g/mol. The third kappa shape index (κ3) is 6.98. The highest BCUT2D eigenvalue weighted by Crippen LogP contribution is 2.32. The van der Waals surface area contributed by atoms with Crippen LogP contribution in [0.2, 0.25) is 0 Å². The van der Waals surface area contributed by atoms with Crippen LogP contribution in [0.3, 0.4) is 0 Å². The van der Waals surface area contributed by atoms with Gasteiger partial charge in [0.25, 0.3) is 15.9 Å². The number of ether oxygens (including phenoxy) is 3. The summed E-state index contributed by atoms with van der Waals surface area (Å²) >= 11 is 0. The maximum atomic E-state index is 12.9. The van der Waals surface area contributed by atoms with Crippen molar-refractivity contribution in [3.8, 4) is 17.2 Å². The molecular weight excluding hydrogens is 500 g/mol. The molecule has 1 amide bonds. The summed E-state index contributed by atoms with van der Waals surface area (Å²) in [5.41, 5.74) is 0.421. The molecule has 0 aliphatic rings. The molecule has 0 saturated heterocycles. The second kappa shape index (κ2) is 11.9. The van der Waals surface area contributed by atoms with Crippen LogP contribution in [0.5, 0.6) is 17.2 Å². The van der Waals surface area contributed by atoms with Gasteiger partial charge in [0.15, 0.2) is 5.70 Å². The van der Waals surface area contributed by atoms with E-state index in [-0.39, 0.29) is 22.0 Å². The van der Waals surface area contributed by atoms with Crippen LogP contribution in [-0.4, -0.2) is 40.8 Å². The summed E-state index contributed by atoms with van der Waals surface area (Å²) in [7, 11) is 0.410. The van der Waals surface area contributed by atoms with Gasteiger partial charge in [0, 0.05) is 11.4 Å². The van der Waals surface area contributed by atoms with Crippen LogP contribution in [0, 0.1) is 0 Å². The summed E-state index contributed by atoms with van der Waals surface area (Å²) in [5.74, 6) is 0.276. The van der Waals surface area contributed by atoms with Crippen LogP contribution >= 0.6 is 0 Å². The topological polar surface area (TPSA) is 148 Å². The Kier molecular flexibility index (Phi) is 8.69. The molecule has 0 saturated carbocycles. The molecule has 0 aliphatic heterocycles. The molecule has 0 spiro atoms. The van der Waals surface area contributed by atoms with Gasteiger partial charge in [-0.1, -0.05) is 0 Å². The van der Waals surface area contributed by atoms with E-state index >= 15 is 0 Å². The van der Waals surface area contributed by atoms with E-state index in [1.54, 1.807) is 48.5 Å². The van der Waals surface area contributed by atoms with Crippen LogP contribution in [0.4, 0.5) is 17.1 Å². The van der Waals surface area contributed by atoms with Gasteiger partial charge in [-0.05, 0) is 73.7 Å². The predicted molar refractivity (Wildman–Crippen MR) is 138 cm³/mol. The number of carbonyl (C=O) groups excluding carboxylic acids is 1. The lowest BCUT2D eigenvalue weighted by Crippen LogP contribution is -2.14. The number of allylic oxidation sites excluding steroid dienone is 1. The molecule has 194 valence electrons. The minimum atomic E-state index is -4.00. The molecule has 12 heteroatoms. The molecule has 37 heavy (non-hydrogen) atoms. The van der Waals surface area contributed by atoms with Gasteiger partial charge in [-0.3, -0.25) is 9.52 Å². The highest BCUT2D eigenvalue weighted by molar-refractivity contribution is 7.92. The summed E-state index contributed by atoms with van der Waals surface area (Å²) in [5, 5.41) is 20.5. The lowest BCUT2D eigenvalue weighted by molar-refractivity contribution is -0.113. The average molecular weight is 527 g/mol. The average Bonchev–Trinajstić information content (AvgIpc) is 2.89. The van der Waals surface area contributed by atoms with Crippen molar-refractivity contribution >= 4 is 33.0 Å². The Labute approximate surface area is 214 Å². The van der Waals surface area contributed by atoms with Crippen molar-refractivity contribution in [2.24, 2.45) is 10.2 Å². The van der Waals surface area contributed by atoms with Crippen LogP contribution in [0.25, 0.3) is 0 Å². The van der Waals surface area contributed by atoms with Gasteiger partial charge in [-0.25, -0.2) is 8.42 Å². The van der Waals surface area contributed by atoms with Crippen molar-refractivity contribution in [1.82, 2.24) is 0 Å². The van der Waals surface area contributed by atoms with E-state index in [4.69, 9.17) is 14.2 Å². The van der Waals surface area contributed by atoms with Gasteiger partial charge in [0.1, 0.15) is 28.7 Å². The summed E-state index contributed by atoms with van der Waals surface area (Å²) in [6.07, 6.45) is 0. The Balaban J connectivity index is 1.85. The highest BCUT2D eigenvalue weighted by atomic mass is 32.2. The van der Waals surface area contributed by atoms with E-state index in [9.17, 15) is 18.3 Å². The summed E-state index contributed by atoms with van der Waals surface area (Å²) in [6.45, 7) is 1.28. The molecule has 3 aromatic rings. The third-order valence-electron chi connectivity index (χ3n) is 4.97. The molecule has 0 bridgehead atoms. The van der Waals surface area contributed by atoms with E-state index in [0.29, 0.717) is 22.9 Å². The molecule has 11 nitrogen and oxygen atoms in total. The molecule has 3 N–H and O–H groups in total. The van der Waals surface area contributed by atoms with E-state index in [2.05, 4.69) is 20.3 Å². The van der Waals surface area contributed by atoms with E-state index in [1.807, 2.05) is 0 Å². The number of carbonyl (C=O) groups is 1. The van der Waals surface area contributed by atoms with Crippen LogP contribution in [-0.2, 0) is 14.8 Å². The Hall–Kier alpha value is -4.58. The molecular formula is C25H26N4O7S. The second-order valence-electron chi connectivity index (χ2n) is 7.48. The summed E-state index contributed by atoms with van der Waals surface area (Å²) < 4.78 is 43.8. The van der Waals surface area contributed by atoms with Crippen LogP contribution < -0.4 is 24.2 Å². The Morgan fingerprint density at radius 2 is 1.41 bits per heavy atom. The van der Waals surface area contributed by atoms with Crippen LogP contribution in [0.15, 0.2) is 93.3 Å². The van der Waals surface area contributed by atoms with Crippen molar-refractivity contribution in [2.75, 3.05) is 31.4 Å². The number of methoxy groups -OCH3 is 3. The number of anilines is 2. The van der Waals surface area contributed by atoms with Crippen molar-refractivity contribution in [3.05, 3.63) is 78.2 Å². The lowest BCUT2D eigenvalue weighted by Gasteiger charge is -2.11. The zero-order valence-corrected chi connectivity index (χ0v) is 21.4. The number of amides is 1. The minimum absolute atomic E-state index is 0.0242. The Morgan fingerprint density at radius 1 is 0.838 bits per heavy atom. The standard InChI is InChI=1S/C25H26N4O7S/c1-16(30)24(25(31)26-17-5-9-19(34-2)10-6-17)28-27-22-15-21(13-14-23(22)36-4)37(32,33)29-18-7-11-20(35-3)12-8-18/h5-15,29-30H,1-4H3,(H,26,31)/b24-16+,28-27?. The van der Waals surface area contributed by atoms with Gasteiger partial charge >= 0.3 is 0 Å². The summed E-state index contributed by atoms with van der Waals surface area (Å²) in [4.78, 5) is 12.6. The molecule has 0 aromatic heterocycles. The van der Waals surface area contributed by atoms with Crippen molar-refractivity contribution in [3.63, 3.8) is 0 Å². The fourth-order valence-corrected chi connectivity index (χ4v) is 4.12. The van der Waals surface area contributed by atoms with E-state index in [1.165, 1.54) is 46.5 Å². The lowest BCUT2D eigenvalue weighted by atomic mass is 10.3. The second-order valence-corrected chi connectivity index (χ2v) is 9.17. The van der Waals surface area contributed by atoms with Crippen molar-refractivity contribution < 1.29 is 32.5 Å². The number of rotatable bonds is 10. The number of aliphatic hydroxyl groups excluding tert-OH is 1. The van der Waals surface area contributed by atoms with Gasteiger partial charge in [-0.15, -0.1) is 10.2 Å². The first-order valence-corrected chi connectivity index (χ1v) is 12.3. The molecule has 0 heterocycles. The van der Waals surface area contributed by atoms with E-state index in [0.717, 1.165) is 0 Å². The Morgan fingerprint density at radius 3 is 1.92 bits per heavy atom. The number of sulfonamides is 1. The molecule has 3 rings (SSSR count). The van der Waals surface area contributed by atoms with E-state index < -0.39 is 21.7 Å². The third-order valence-corrected chi connectivity index (χ3v) is 6.35. The number of benzene rings is 3. The first-order chi connectivity index (χ1) is 17.7. The molecule has 0 aliphatic carbocycles. The maximum absolute atomic E-state index is 12.9. The van der Waals surface area contributed by atoms with Crippen molar-refractivity contribution in [1.29, 1.82) is 0 Å². The zero-order valence-electron chi connectivity index (χ0n) is 20.6. The largest absolute Gasteiger partial charge is 0.510 e. The quantitative estimate of drug-likeness (QED) is 0.191. The van der Waals surface area contributed by atoms with Gasteiger partial charge < -0.3 is 24.6 Å². The number of azo groups is 1. The maximum Gasteiger partial charge on any atom is 0.279 e. The fraction of sp³-hybridized carbons (Fsp3) is 0.160. The molecule has 0 atom stereocenters. The van der Waals surface area contributed by atoms with Gasteiger partial charge in [-0.2, -0.15) is 0 Å². The normalized spacial score (nSPS) is 12.0. The van der Waals surface area contributed by atoms with Crippen molar-refractivity contribution in [2.45, 2.75) is 11.8 Å². The molecule has 0 radical (unpaired) electrons. The van der Waals surface area contributed by atoms with Gasteiger partial charge in [0.05, 0.1) is 26.2 Å². The number of hydrogen-bond acceptors (Lipinski definition) is 9.